The quantitative estimate of drug-likeness (QED) is 0.698. The van der Waals surface area contributed by atoms with E-state index in [1.807, 2.05) is 30.3 Å². The number of hydrogen-bond acceptors (Lipinski definition) is 5. The number of carbonyl (C=O) groups excluding carboxylic acids is 2. The number of aromatic nitrogens is 1. The lowest BCUT2D eigenvalue weighted by Gasteiger charge is -2.04. The highest BCUT2D eigenvalue weighted by Gasteiger charge is 2.13. The molecule has 0 saturated carbocycles. The van der Waals surface area contributed by atoms with Crippen LogP contribution in [-0.4, -0.2) is 23.9 Å². The van der Waals surface area contributed by atoms with Gasteiger partial charge in [-0.1, -0.05) is 30.3 Å². The summed E-state index contributed by atoms with van der Waals surface area (Å²) in [6.45, 7) is 0. The second kappa shape index (κ2) is 8.26. The second-order valence-electron chi connectivity index (χ2n) is 5.43. The molecule has 3 rings (SSSR count). The maximum absolute atomic E-state index is 12.2. The fraction of sp³-hybridized carbons (Fsp3) is 0.105. The monoisotopic (exact) mass is 367 g/mol. The maximum Gasteiger partial charge on any atom is 0.275 e. The normalized spacial score (nSPS) is 10.2. The molecule has 0 aliphatic rings. The van der Waals surface area contributed by atoms with Crippen LogP contribution in [0.25, 0.3) is 0 Å². The van der Waals surface area contributed by atoms with Gasteiger partial charge in [0.1, 0.15) is 11.4 Å². The third-order valence-corrected chi connectivity index (χ3v) is 4.30. The molecule has 1 heterocycles. The molecule has 26 heavy (non-hydrogen) atoms. The van der Waals surface area contributed by atoms with Crippen molar-refractivity contribution in [2.24, 2.45) is 0 Å². The van der Waals surface area contributed by atoms with Gasteiger partial charge in [0.25, 0.3) is 5.91 Å². The molecule has 0 radical (unpaired) electrons. The number of amides is 2. The lowest BCUT2D eigenvalue weighted by atomic mass is 10.1. The van der Waals surface area contributed by atoms with E-state index in [-0.39, 0.29) is 23.9 Å². The Kier molecular flexibility index (Phi) is 5.60. The summed E-state index contributed by atoms with van der Waals surface area (Å²) in [6, 6.07) is 16.4. The summed E-state index contributed by atoms with van der Waals surface area (Å²) in [5.74, 6) is 0.197. The van der Waals surface area contributed by atoms with Gasteiger partial charge < -0.3 is 15.4 Å². The number of thiazole rings is 1. The molecule has 1 aromatic heterocycles. The molecule has 0 aliphatic heterocycles. The maximum atomic E-state index is 12.2. The number of benzene rings is 2. The third-order valence-electron chi connectivity index (χ3n) is 3.54. The molecule has 0 saturated heterocycles. The molecule has 0 aliphatic carbocycles. The summed E-state index contributed by atoms with van der Waals surface area (Å²) >= 11 is 1.21. The van der Waals surface area contributed by atoms with Crippen molar-refractivity contribution in [3.05, 3.63) is 71.2 Å². The first-order valence-corrected chi connectivity index (χ1v) is 8.77. The molecule has 0 fully saturated rings. The summed E-state index contributed by atoms with van der Waals surface area (Å²) in [5, 5.41) is 7.47. The minimum Gasteiger partial charge on any atom is -0.497 e. The van der Waals surface area contributed by atoms with E-state index >= 15 is 0 Å². The molecular weight excluding hydrogens is 350 g/mol. The van der Waals surface area contributed by atoms with Gasteiger partial charge in [0.15, 0.2) is 5.13 Å². The SMILES string of the molecule is COc1ccc(NC(=O)c2csc(NC(=O)Cc3ccccc3)n2)cc1. The highest BCUT2D eigenvalue weighted by atomic mass is 32.1. The van der Waals surface area contributed by atoms with Crippen LogP contribution in [0.3, 0.4) is 0 Å². The minimum atomic E-state index is -0.338. The van der Waals surface area contributed by atoms with Crippen LogP contribution in [0.5, 0.6) is 5.75 Å². The first-order chi connectivity index (χ1) is 12.6. The second-order valence-corrected chi connectivity index (χ2v) is 6.29. The number of carbonyl (C=O) groups is 2. The van der Waals surface area contributed by atoms with Crippen molar-refractivity contribution >= 4 is 34.0 Å². The Balaban J connectivity index is 1.58. The molecule has 3 aromatic rings. The third kappa shape index (κ3) is 4.67. The van der Waals surface area contributed by atoms with Gasteiger partial charge >= 0.3 is 0 Å². The number of hydrogen-bond donors (Lipinski definition) is 2. The minimum absolute atomic E-state index is 0.173. The van der Waals surface area contributed by atoms with Crippen molar-refractivity contribution in [1.82, 2.24) is 4.98 Å². The molecule has 2 aromatic carbocycles. The van der Waals surface area contributed by atoms with E-state index in [2.05, 4.69) is 15.6 Å². The average Bonchev–Trinajstić information content (AvgIpc) is 3.11. The predicted octanol–water partition coefficient (Wildman–Crippen LogP) is 3.59. The lowest BCUT2D eigenvalue weighted by Crippen LogP contribution is -2.15. The summed E-state index contributed by atoms with van der Waals surface area (Å²) in [6.07, 6.45) is 0.258. The van der Waals surface area contributed by atoms with E-state index in [1.165, 1.54) is 11.3 Å². The molecule has 0 bridgehead atoms. The highest BCUT2D eigenvalue weighted by molar-refractivity contribution is 7.14. The molecular formula is C19H17N3O3S. The Morgan fingerprint density at radius 3 is 2.46 bits per heavy atom. The standard InChI is InChI=1S/C19H17N3O3S/c1-25-15-9-7-14(8-10-15)20-18(24)16-12-26-19(21-16)22-17(23)11-13-5-3-2-4-6-13/h2-10,12H,11H2,1H3,(H,20,24)(H,21,22,23). The Labute approximate surface area is 154 Å². The van der Waals surface area contributed by atoms with Gasteiger partial charge in [-0.2, -0.15) is 0 Å². The lowest BCUT2D eigenvalue weighted by molar-refractivity contribution is -0.115. The zero-order valence-corrected chi connectivity index (χ0v) is 14.9. The molecule has 132 valence electrons. The number of anilines is 2. The van der Waals surface area contributed by atoms with Crippen molar-refractivity contribution in [3.8, 4) is 5.75 Å². The van der Waals surface area contributed by atoms with E-state index in [1.54, 1.807) is 36.8 Å². The van der Waals surface area contributed by atoms with Crippen LogP contribution >= 0.6 is 11.3 Å². The number of nitrogens with zero attached hydrogens (tertiary/aromatic N) is 1. The first-order valence-electron chi connectivity index (χ1n) is 7.89. The van der Waals surface area contributed by atoms with Crippen molar-refractivity contribution in [2.75, 3.05) is 17.7 Å². The summed E-state index contributed by atoms with van der Waals surface area (Å²) in [5.41, 5.74) is 1.80. The molecule has 7 heteroatoms. The number of rotatable bonds is 6. The van der Waals surface area contributed by atoms with Crippen LogP contribution < -0.4 is 15.4 Å². The van der Waals surface area contributed by atoms with Crippen LogP contribution in [-0.2, 0) is 11.2 Å². The van der Waals surface area contributed by atoms with Crippen LogP contribution in [0.2, 0.25) is 0 Å². The largest absolute Gasteiger partial charge is 0.497 e. The van der Waals surface area contributed by atoms with Crippen LogP contribution in [0, 0.1) is 0 Å². The van der Waals surface area contributed by atoms with Gasteiger partial charge in [0, 0.05) is 11.1 Å². The average molecular weight is 367 g/mol. The van der Waals surface area contributed by atoms with Gasteiger partial charge in [-0.3, -0.25) is 9.59 Å². The topological polar surface area (TPSA) is 80.3 Å². The zero-order valence-electron chi connectivity index (χ0n) is 14.1. The number of nitrogens with one attached hydrogen (secondary N) is 2. The Bertz CT molecular complexity index is 892. The molecule has 0 unspecified atom stereocenters. The van der Waals surface area contributed by atoms with Crippen molar-refractivity contribution in [2.45, 2.75) is 6.42 Å². The fourth-order valence-corrected chi connectivity index (χ4v) is 2.96. The van der Waals surface area contributed by atoms with E-state index < -0.39 is 0 Å². The number of methoxy groups -OCH3 is 1. The first kappa shape index (κ1) is 17.6. The van der Waals surface area contributed by atoms with Gasteiger partial charge in [-0.15, -0.1) is 11.3 Å². The van der Waals surface area contributed by atoms with E-state index in [4.69, 9.17) is 4.74 Å². The zero-order chi connectivity index (χ0) is 18.4. The smallest absolute Gasteiger partial charge is 0.275 e. The van der Waals surface area contributed by atoms with Gasteiger partial charge in [-0.05, 0) is 29.8 Å². The van der Waals surface area contributed by atoms with Crippen molar-refractivity contribution in [3.63, 3.8) is 0 Å². The molecule has 6 nitrogen and oxygen atoms in total. The van der Waals surface area contributed by atoms with E-state index in [0.717, 1.165) is 5.56 Å². The molecule has 0 atom stereocenters. The van der Waals surface area contributed by atoms with Crippen LogP contribution in [0.15, 0.2) is 60.0 Å². The van der Waals surface area contributed by atoms with Gasteiger partial charge in [0.05, 0.1) is 13.5 Å². The van der Waals surface area contributed by atoms with E-state index in [9.17, 15) is 9.59 Å². The van der Waals surface area contributed by atoms with Crippen molar-refractivity contribution < 1.29 is 14.3 Å². The van der Waals surface area contributed by atoms with Crippen LogP contribution in [0.1, 0.15) is 16.1 Å². The van der Waals surface area contributed by atoms with Crippen molar-refractivity contribution in [1.29, 1.82) is 0 Å². The Morgan fingerprint density at radius 1 is 1.04 bits per heavy atom. The predicted molar refractivity (Wildman–Crippen MR) is 102 cm³/mol. The molecule has 2 amide bonds. The summed E-state index contributed by atoms with van der Waals surface area (Å²) < 4.78 is 5.08. The number of ether oxygens (including phenoxy) is 1. The van der Waals surface area contributed by atoms with Gasteiger partial charge in [0.2, 0.25) is 5.91 Å². The van der Waals surface area contributed by atoms with E-state index in [0.29, 0.717) is 16.6 Å². The Morgan fingerprint density at radius 2 is 1.77 bits per heavy atom. The summed E-state index contributed by atoms with van der Waals surface area (Å²) in [7, 11) is 1.58. The molecule has 2 N–H and O–H groups in total. The van der Waals surface area contributed by atoms with Crippen LogP contribution in [0.4, 0.5) is 10.8 Å². The fourth-order valence-electron chi connectivity index (χ4n) is 2.25. The molecule has 0 spiro atoms. The Hall–Kier alpha value is -3.19. The summed E-state index contributed by atoms with van der Waals surface area (Å²) in [4.78, 5) is 28.5. The van der Waals surface area contributed by atoms with Gasteiger partial charge in [-0.25, -0.2) is 4.98 Å². The highest BCUT2D eigenvalue weighted by Crippen LogP contribution is 2.19.